The van der Waals surface area contributed by atoms with Gasteiger partial charge in [0.1, 0.15) is 5.75 Å². The van der Waals surface area contributed by atoms with Crippen LogP contribution in [0.2, 0.25) is 0 Å². The Morgan fingerprint density at radius 1 is 1.42 bits per heavy atom. The summed E-state index contributed by atoms with van der Waals surface area (Å²) in [6.45, 7) is 3.57. The third kappa shape index (κ3) is 5.74. The molecule has 19 heavy (non-hydrogen) atoms. The third-order valence-corrected chi connectivity index (χ3v) is 2.67. The lowest BCUT2D eigenvalue weighted by Gasteiger charge is -2.13. The summed E-state index contributed by atoms with van der Waals surface area (Å²) in [6.07, 6.45) is -0.821. The molecule has 0 saturated carbocycles. The van der Waals surface area contributed by atoms with Crippen molar-refractivity contribution in [1.29, 1.82) is 0 Å². The zero-order valence-corrected chi connectivity index (χ0v) is 12.4. The Hall–Kier alpha value is -1.56. The number of nitrogens with one attached hydrogen (secondary N) is 1. The average molecular weight is 330 g/mol. The molecule has 104 valence electrons. The van der Waals surface area contributed by atoms with E-state index >= 15 is 0 Å². The van der Waals surface area contributed by atoms with Crippen LogP contribution in [0.15, 0.2) is 28.7 Å². The smallest absolute Gasteiger partial charge is 0.344 e. The fraction of sp³-hybridized carbons (Fsp3) is 0.385. The Bertz CT molecular complexity index is 450. The summed E-state index contributed by atoms with van der Waals surface area (Å²) < 4.78 is 11.0. The molecular weight excluding hydrogens is 314 g/mol. The molecule has 0 radical (unpaired) electrons. The predicted octanol–water partition coefficient (Wildman–Crippen LogP) is 1.90. The van der Waals surface area contributed by atoms with E-state index in [0.717, 1.165) is 4.47 Å². The number of amides is 1. The van der Waals surface area contributed by atoms with Crippen molar-refractivity contribution in [2.75, 3.05) is 13.2 Å². The van der Waals surface area contributed by atoms with Gasteiger partial charge in [-0.1, -0.05) is 22.0 Å². The number of hydrogen-bond donors (Lipinski definition) is 1. The summed E-state index contributed by atoms with van der Waals surface area (Å²) in [4.78, 5) is 22.8. The molecule has 0 aromatic heterocycles. The second-order valence-corrected chi connectivity index (χ2v) is 4.69. The van der Waals surface area contributed by atoms with E-state index < -0.39 is 12.1 Å². The predicted molar refractivity (Wildman–Crippen MR) is 73.9 cm³/mol. The van der Waals surface area contributed by atoms with Crippen LogP contribution >= 0.6 is 15.9 Å². The van der Waals surface area contributed by atoms with Crippen LogP contribution in [-0.4, -0.2) is 31.1 Å². The highest BCUT2D eigenvalue weighted by Gasteiger charge is 2.17. The number of carbonyl (C=O) groups is 2. The van der Waals surface area contributed by atoms with Gasteiger partial charge in [0, 0.05) is 11.0 Å². The summed E-state index contributed by atoms with van der Waals surface area (Å²) in [5.41, 5.74) is 0. The molecule has 1 N–H and O–H groups in total. The van der Waals surface area contributed by atoms with Gasteiger partial charge in [-0.2, -0.15) is 0 Å². The van der Waals surface area contributed by atoms with Crippen molar-refractivity contribution in [2.45, 2.75) is 20.0 Å². The van der Waals surface area contributed by atoms with Gasteiger partial charge < -0.3 is 14.8 Å². The first-order valence-corrected chi connectivity index (χ1v) is 6.67. The molecule has 0 fully saturated rings. The molecule has 1 atom stereocenters. The molecule has 0 unspecified atom stereocenters. The number of halogens is 1. The second kappa shape index (κ2) is 7.78. The minimum atomic E-state index is -0.821. The van der Waals surface area contributed by atoms with Crippen molar-refractivity contribution in [2.24, 2.45) is 0 Å². The molecule has 0 aliphatic carbocycles. The molecule has 0 saturated heterocycles. The number of esters is 1. The van der Waals surface area contributed by atoms with Gasteiger partial charge in [0.05, 0.1) is 0 Å². The zero-order valence-electron chi connectivity index (χ0n) is 10.8. The van der Waals surface area contributed by atoms with Gasteiger partial charge in [-0.25, -0.2) is 4.79 Å². The van der Waals surface area contributed by atoms with Crippen molar-refractivity contribution in [3.63, 3.8) is 0 Å². The van der Waals surface area contributed by atoms with Gasteiger partial charge >= 0.3 is 5.97 Å². The molecule has 0 spiro atoms. The quantitative estimate of drug-likeness (QED) is 0.809. The fourth-order valence-corrected chi connectivity index (χ4v) is 1.68. The number of rotatable bonds is 6. The van der Waals surface area contributed by atoms with E-state index in [0.29, 0.717) is 12.3 Å². The van der Waals surface area contributed by atoms with E-state index in [1.165, 1.54) is 6.92 Å². The zero-order chi connectivity index (χ0) is 14.3. The summed E-state index contributed by atoms with van der Waals surface area (Å²) in [5.74, 6) is -0.353. The van der Waals surface area contributed by atoms with Crippen molar-refractivity contribution in [3.05, 3.63) is 28.7 Å². The van der Waals surface area contributed by atoms with Gasteiger partial charge in [0.2, 0.25) is 0 Å². The Labute approximate surface area is 120 Å². The molecule has 0 aliphatic heterocycles. The van der Waals surface area contributed by atoms with Crippen LogP contribution in [0.3, 0.4) is 0 Å². The van der Waals surface area contributed by atoms with Gasteiger partial charge in [-0.05, 0) is 32.0 Å². The molecular formula is C13H16BrNO4. The average Bonchev–Trinajstić information content (AvgIpc) is 2.36. The molecule has 6 heteroatoms. The second-order valence-electron chi connectivity index (χ2n) is 3.77. The highest BCUT2D eigenvalue weighted by Crippen LogP contribution is 2.17. The molecule has 0 aliphatic rings. The normalized spacial score (nSPS) is 11.5. The number of carbonyl (C=O) groups excluding carboxylic acids is 2. The molecule has 1 amide bonds. The van der Waals surface area contributed by atoms with E-state index in [2.05, 4.69) is 21.2 Å². The van der Waals surface area contributed by atoms with Crippen LogP contribution in [0.25, 0.3) is 0 Å². The van der Waals surface area contributed by atoms with E-state index in [1.807, 2.05) is 6.07 Å². The first kappa shape index (κ1) is 15.5. The maximum atomic E-state index is 11.5. The third-order valence-electron chi connectivity index (χ3n) is 2.18. The lowest BCUT2D eigenvalue weighted by Crippen LogP contribution is -2.36. The van der Waals surface area contributed by atoms with Gasteiger partial charge in [-0.15, -0.1) is 0 Å². The fourth-order valence-electron chi connectivity index (χ4n) is 1.30. The van der Waals surface area contributed by atoms with Crippen molar-refractivity contribution >= 4 is 27.8 Å². The van der Waals surface area contributed by atoms with Crippen molar-refractivity contribution in [3.8, 4) is 5.75 Å². The minimum Gasteiger partial charge on any atom is -0.482 e. The maximum Gasteiger partial charge on any atom is 0.344 e. The van der Waals surface area contributed by atoms with Crippen LogP contribution < -0.4 is 10.1 Å². The highest BCUT2D eigenvalue weighted by atomic mass is 79.9. The Kier molecular flexibility index (Phi) is 6.35. The van der Waals surface area contributed by atoms with Crippen LogP contribution in [0.1, 0.15) is 13.8 Å². The first-order valence-electron chi connectivity index (χ1n) is 5.88. The molecule has 5 nitrogen and oxygen atoms in total. The SMILES string of the molecule is CCNC(=O)[C@@H](C)OC(=O)COc1cccc(Br)c1. The van der Waals surface area contributed by atoms with Crippen LogP contribution in [0, 0.1) is 0 Å². The van der Waals surface area contributed by atoms with Crippen molar-refractivity contribution in [1.82, 2.24) is 5.32 Å². The van der Waals surface area contributed by atoms with Crippen molar-refractivity contribution < 1.29 is 19.1 Å². The van der Waals surface area contributed by atoms with Crippen LogP contribution in [0.4, 0.5) is 0 Å². The maximum absolute atomic E-state index is 11.5. The lowest BCUT2D eigenvalue weighted by atomic mass is 10.3. The summed E-state index contributed by atoms with van der Waals surface area (Å²) in [7, 11) is 0. The number of benzene rings is 1. The molecule has 1 rings (SSSR count). The van der Waals surface area contributed by atoms with Crippen LogP contribution in [0.5, 0.6) is 5.75 Å². The summed E-state index contributed by atoms with van der Waals surface area (Å²) in [5, 5.41) is 2.57. The molecule has 1 aromatic rings. The number of ether oxygens (including phenoxy) is 2. The highest BCUT2D eigenvalue weighted by molar-refractivity contribution is 9.10. The van der Waals surface area contributed by atoms with E-state index in [4.69, 9.17) is 9.47 Å². The molecule has 1 aromatic carbocycles. The summed E-state index contributed by atoms with van der Waals surface area (Å²) >= 11 is 3.30. The van der Waals surface area contributed by atoms with Gasteiger partial charge in [0.25, 0.3) is 5.91 Å². The topological polar surface area (TPSA) is 64.6 Å². The van der Waals surface area contributed by atoms with Gasteiger partial charge in [-0.3, -0.25) is 4.79 Å². The molecule has 0 heterocycles. The van der Waals surface area contributed by atoms with Crippen LogP contribution in [-0.2, 0) is 14.3 Å². The first-order chi connectivity index (χ1) is 9.02. The van der Waals surface area contributed by atoms with E-state index in [-0.39, 0.29) is 12.5 Å². The monoisotopic (exact) mass is 329 g/mol. The van der Waals surface area contributed by atoms with Gasteiger partial charge in [0.15, 0.2) is 12.7 Å². The Balaban J connectivity index is 2.37. The Morgan fingerprint density at radius 2 is 2.16 bits per heavy atom. The van der Waals surface area contributed by atoms with E-state index in [9.17, 15) is 9.59 Å². The Morgan fingerprint density at radius 3 is 2.79 bits per heavy atom. The number of likely N-dealkylation sites (N-methyl/N-ethyl adjacent to an activating group) is 1. The molecule has 0 bridgehead atoms. The lowest BCUT2D eigenvalue weighted by molar-refractivity contribution is -0.156. The number of hydrogen-bond acceptors (Lipinski definition) is 4. The minimum absolute atomic E-state index is 0.236. The largest absolute Gasteiger partial charge is 0.482 e. The standard InChI is InChI=1S/C13H16BrNO4/c1-3-15-13(17)9(2)19-12(16)8-18-11-6-4-5-10(14)7-11/h4-7,9H,3,8H2,1-2H3,(H,15,17)/t9-/m1/s1. The van der Waals surface area contributed by atoms with E-state index in [1.54, 1.807) is 25.1 Å². The summed E-state index contributed by atoms with van der Waals surface area (Å²) in [6, 6.07) is 7.11.